The minimum Gasteiger partial charge on any atom is -0.503 e. The van der Waals surface area contributed by atoms with Crippen LogP contribution in [0.2, 0.25) is 0 Å². The van der Waals surface area contributed by atoms with Gasteiger partial charge in [-0.05, 0) is 30.0 Å². The fraction of sp³-hybridized carbons (Fsp3) is 0.304. The molecule has 1 aromatic carbocycles. The van der Waals surface area contributed by atoms with Crippen molar-refractivity contribution in [1.29, 1.82) is 0 Å². The number of aromatic hydroxyl groups is 1. The van der Waals surface area contributed by atoms with Gasteiger partial charge < -0.3 is 10.4 Å². The number of benzene rings is 1. The second-order valence-electron chi connectivity index (χ2n) is 7.79. The standard InChI is InChI=1S/C23H24N4O3/c28-19-15-27(16-23(10-4-5-11-23)18-9-6-12-24-14-18)26-20(21(19)29)22(30)25-13-17-7-2-1-3-8-17/h1-3,6-9,12,14-15,28H,4-5,10-11,13,16H2,(H,25,30). The lowest BCUT2D eigenvalue weighted by atomic mass is 9.79. The van der Waals surface area contributed by atoms with Crippen molar-refractivity contribution in [2.75, 3.05) is 0 Å². The zero-order valence-corrected chi connectivity index (χ0v) is 16.6. The van der Waals surface area contributed by atoms with Crippen molar-refractivity contribution in [3.63, 3.8) is 0 Å². The van der Waals surface area contributed by atoms with Crippen LogP contribution in [0, 0.1) is 0 Å². The van der Waals surface area contributed by atoms with E-state index in [0.29, 0.717) is 6.54 Å². The first kappa shape index (κ1) is 19.8. The summed E-state index contributed by atoms with van der Waals surface area (Å²) in [6.45, 7) is 0.738. The fourth-order valence-corrected chi connectivity index (χ4v) is 4.19. The molecule has 1 fully saturated rings. The van der Waals surface area contributed by atoms with E-state index in [-0.39, 0.29) is 17.7 Å². The lowest BCUT2D eigenvalue weighted by molar-refractivity contribution is 0.0940. The van der Waals surface area contributed by atoms with Crippen LogP contribution in [0.5, 0.6) is 5.75 Å². The molecule has 1 amide bonds. The number of hydrogen-bond acceptors (Lipinski definition) is 5. The summed E-state index contributed by atoms with van der Waals surface area (Å²) in [7, 11) is 0. The number of nitrogens with one attached hydrogen (secondary N) is 1. The third-order valence-corrected chi connectivity index (χ3v) is 5.76. The Labute approximate surface area is 174 Å². The van der Waals surface area contributed by atoms with Gasteiger partial charge in [-0.2, -0.15) is 5.10 Å². The number of carbonyl (C=O) groups is 1. The quantitative estimate of drug-likeness (QED) is 0.658. The molecule has 1 saturated carbocycles. The van der Waals surface area contributed by atoms with Gasteiger partial charge >= 0.3 is 0 Å². The second kappa shape index (κ2) is 8.49. The molecule has 2 heterocycles. The van der Waals surface area contributed by atoms with Gasteiger partial charge in [0.1, 0.15) is 0 Å². The van der Waals surface area contributed by atoms with Crippen molar-refractivity contribution in [1.82, 2.24) is 20.1 Å². The Kier molecular flexibility index (Phi) is 5.61. The van der Waals surface area contributed by atoms with Crippen LogP contribution in [0.1, 0.15) is 47.3 Å². The third-order valence-electron chi connectivity index (χ3n) is 5.76. The van der Waals surface area contributed by atoms with E-state index in [9.17, 15) is 14.7 Å². The van der Waals surface area contributed by atoms with Gasteiger partial charge in [-0.15, -0.1) is 0 Å². The van der Waals surface area contributed by atoms with Gasteiger partial charge in [-0.25, -0.2) is 0 Å². The molecule has 30 heavy (non-hydrogen) atoms. The van der Waals surface area contributed by atoms with Crippen LogP contribution in [-0.4, -0.2) is 25.8 Å². The van der Waals surface area contributed by atoms with Crippen molar-refractivity contribution >= 4 is 5.91 Å². The highest BCUT2D eigenvalue weighted by Crippen LogP contribution is 2.42. The summed E-state index contributed by atoms with van der Waals surface area (Å²) < 4.78 is 1.52. The molecule has 154 valence electrons. The van der Waals surface area contributed by atoms with Gasteiger partial charge in [0, 0.05) is 24.4 Å². The summed E-state index contributed by atoms with van der Waals surface area (Å²) in [4.78, 5) is 29.2. The Morgan fingerprint density at radius 2 is 1.90 bits per heavy atom. The van der Waals surface area contributed by atoms with Gasteiger partial charge in [0.25, 0.3) is 11.3 Å². The van der Waals surface area contributed by atoms with Crippen LogP contribution in [0.25, 0.3) is 0 Å². The van der Waals surface area contributed by atoms with E-state index in [2.05, 4.69) is 15.4 Å². The van der Waals surface area contributed by atoms with Gasteiger partial charge in [-0.1, -0.05) is 49.2 Å². The molecule has 0 radical (unpaired) electrons. The van der Waals surface area contributed by atoms with E-state index >= 15 is 0 Å². The Morgan fingerprint density at radius 3 is 2.60 bits per heavy atom. The number of nitrogens with zero attached hydrogens (tertiary/aromatic N) is 3. The summed E-state index contributed by atoms with van der Waals surface area (Å²) in [6, 6.07) is 13.4. The summed E-state index contributed by atoms with van der Waals surface area (Å²) in [5.74, 6) is -1.08. The maximum atomic E-state index is 12.6. The maximum Gasteiger partial charge on any atom is 0.276 e. The number of amides is 1. The number of carbonyl (C=O) groups excluding carboxylic acids is 1. The highest BCUT2D eigenvalue weighted by Gasteiger charge is 2.36. The molecule has 1 aliphatic carbocycles. The van der Waals surface area contributed by atoms with Crippen LogP contribution in [0.4, 0.5) is 0 Å². The lowest BCUT2D eigenvalue weighted by Crippen LogP contribution is -2.34. The van der Waals surface area contributed by atoms with Crippen molar-refractivity contribution < 1.29 is 9.90 Å². The van der Waals surface area contributed by atoms with Crippen LogP contribution in [-0.2, 0) is 18.5 Å². The zero-order valence-electron chi connectivity index (χ0n) is 16.6. The molecule has 1 aliphatic rings. The first-order valence-corrected chi connectivity index (χ1v) is 10.1. The lowest BCUT2D eigenvalue weighted by Gasteiger charge is -2.30. The number of aromatic nitrogens is 3. The third kappa shape index (κ3) is 4.10. The molecule has 0 atom stereocenters. The average Bonchev–Trinajstić information content (AvgIpc) is 3.25. The minimum atomic E-state index is -0.765. The molecule has 0 saturated heterocycles. The maximum absolute atomic E-state index is 12.6. The largest absolute Gasteiger partial charge is 0.503 e. The molecule has 2 aromatic heterocycles. The van der Waals surface area contributed by atoms with E-state index in [1.54, 1.807) is 6.20 Å². The van der Waals surface area contributed by atoms with Gasteiger partial charge in [0.2, 0.25) is 0 Å². The number of hydrogen-bond donors (Lipinski definition) is 2. The Balaban J connectivity index is 1.59. The summed E-state index contributed by atoms with van der Waals surface area (Å²) in [6.07, 6.45) is 9.02. The van der Waals surface area contributed by atoms with Crippen molar-refractivity contribution in [3.8, 4) is 5.75 Å². The van der Waals surface area contributed by atoms with Crippen molar-refractivity contribution in [2.24, 2.45) is 0 Å². The number of rotatable bonds is 6. The van der Waals surface area contributed by atoms with E-state index in [1.165, 1.54) is 10.9 Å². The van der Waals surface area contributed by atoms with E-state index in [4.69, 9.17) is 0 Å². The molecule has 0 spiro atoms. The SMILES string of the molecule is O=C(NCc1ccccc1)c1nn(CC2(c3cccnc3)CCCC2)cc(O)c1=O. The molecule has 0 aliphatic heterocycles. The van der Waals surface area contributed by atoms with Crippen LogP contribution >= 0.6 is 0 Å². The molecule has 7 nitrogen and oxygen atoms in total. The van der Waals surface area contributed by atoms with Crippen molar-refractivity contribution in [2.45, 2.75) is 44.2 Å². The van der Waals surface area contributed by atoms with E-state index < -0.39 is 17.1 Å². The molecule has 7 heteroatoms. The molecular formula is C23H24N4O3. The molecule has 2 N–H and O–H groups in total. The van der Waals surface area contributed by atoms with Crippen LogP contribution in [0.15, 0.2) is 65.8 Å². The Morgan fingerprint density at radius 1 is 1.13 bits per heavy atom. The van der Waals surface area contributed by atoms with Gasteiger partial charge in [0.05, 0.1) is 12.7 Å². The summed E-state index contributed by atoms with van der Waals surface area (Å²) >= 11 is 0. The fourth-order valence-electron chi connectivity index (χ4n) is 4.19. The summed E-state index contributed by atoms with van der Waals surface area (Å²) in [5.41, 5.74) is 0.773. The predicted octanol–water partition coefficient (Wildman–Crippen LogP) is 2.79. The number of pyridine rings is 1. The first-order valence-electron chi connectivity index (χ1n) is 10.1. The Bertz CT molecular complexity index is 1070. The second-order valence-corrected chi connectivity index (χ2v) is 7.79. The normalized spacial score (nSPS) is 15.1. The molecular weight excluding hydrogens is 380 g/mol. The van der Waals surface area contributed by atoms with Gasteiger partial charge in [0.15, 0.2) is 11.4 Å². The topological polar surface area (TPSA) is 97.1 Å². The Hall–Kier alpha value is -3.48. The molecule has 0 unspecified atom stereocenters. The van der Waals surface area contributed by atoms with E-state index in [1.807, 2.05) is 48.7 Å². The smallest absolute Gasteiger partial charge is 0.276 e. The first-order chi connectivity index (χ1) is 14.6. The predicted molar refractivity (Wildman–Crippen MR) is 112 cm³/mol. The minimum absolute atomic E-state index is 0.180. The summed E-state index contributed by atoms with van der Waals surface area (Å²) in [5, 5.41) is 17.2. The highest BCUT2D eigenvalue weighted by molar-refractivity contribution is 5.92. The van der Waals surface area contributed by atoms with Crippen LogP contribution < -0.4 is 10.7 Å². The monoisotopic (exact) mass is 404 g/mol. The molecule has 4 rings (SSSR count). The average molecular weight is 404 g/mol. The van der Waals surface area contributed by atoms with E-state index in [0.717, 1.165) is 36.8 Å². The van der Waals surface area contributed by atoms with Gasteiger partial charge in [-0.3, -0.25) is 19.3 Å². The highest BCUT2D eigenvalue weighted by atomic mass is 16.3. The molecule has 3 aromatic rings. The molecule has 0 bridgehead atoms. The van der Waals surface area contributed by atoms with Crippen LogP contribution in [0.3, 0.4) is 0 Å². The zero-order chi connectivity index (χ0) is 21.0. The van der Waals surface area contributed by atoms with Crippen molar-refractivity contribution in [3.05, 3.63) is 88.1 Å².